The standard InChI is InChI=1S/C20H19ClF3NO3/c1-28-17-7-3-2-5-13(17)18(25-10-4-6-16(25)19(26)27)14-11-12(20(22,23)24)8-9-15(14)21/h2-3,5,7-9,11,16,18H,4,6,10H2,1H3,(H,26,27). The van der Waals surface area contributed by atoms with Gasteiger partial charge in [0.1, 0.15) is 11.8 Å². The van der Waals surface area contributed by atoms with Gasteiger partial charge in [-0.2, -0.15) is 13.2 Å². The normalized spacial score (nSPS) is 18.8. The van der Waals surface area contributed by atoms with E-state index in [1.54, 1.807) is 29.2 Å². The van der Waals surface area contributed by atoms with Gasteiger partial charge in [0, 0.05) is 17.1 Å². The molecule has 8 heteroatoms. The topological polar surface area (TPSA) is 49.8 Å². The molecule has 1 aliphatic rings. The molecule has 0 aliphatic carbocycles. The number of nitrogens with zero attached hydrogens (tertiary/aromatic N) is 1. The Kier molecular flexibility index (Phi) is 5.86. The molecule has 150 valence electrons. The summed E-state index contributed by atoms with van der Waals surface area (Å²) in [5.74, 6) is -0.558. The molecule has 2 atom stereocenters. The van der Waals surface area contributed by atoms with Gasteiger partial charge in [-0.3, -0.25) is 9.69 Å². The Balaban J connectivity index is 2.22. The second kappa shape index (κ2) is 8.01. The number of benzene rings is 2. The quantitative estimate of drug-likeness (QED) is 0.749. The van der Waals surface area contributed by atoms with Crippen molar-refractivity contribution in [2.75, 3.05) is 13.7 Å². The molecular weight excluding hydrogens is 395 g/mol. The van der Waals surface area contributed by atoms with Crippen LogP contribution in [0.5, 0.6) is 5.75 Å². The Morgan fingerprint density at radius 3 is 2.61 bits per heavy atom. The maximum atomic E-state index is 13.3. The Morgan fingerprint density at radius 2 is 1.96 bits per heavy atom. The molecule has 1 aliphatic heterocycles. The van der Waals surface area contributed by atoms with Crippen molar-refractivity contribution in [3.8, 4) is 5.75 Å². The van der Waals surface area contributed by atoms with E-state index >= 15 is 0 Å². The first-order valence-corrected chi connectivity index (χ1v) is 9.10. The van der Waals surface area contributed by atoms with E-state index in [0.29, 0.717) is 30.7 Å². The number of rotatable bonds is 5. The van der Waals surface area contributed by atoms with Crippen molar-refractivity contribution in [1.82, 2.24) is 4.90 Å². The number of methoxy groups -OCH3 is 1. The van der Waals surface area contributed by atoms with Crippen LogP contribution in [0.1, 0.15) is 35.6 Å². The number of carboxylic acids is 1. The lowest BCUT2D eigenvalue weighted by Gasteiger charge is -2.33. The number of likely N-dealkylation sites (tertiary alicyclic amines) is 1. The lowest BCUT2D eigenvalue weighted by atomic mass is 9.94. The van der Waals surface area contributed by atoms with Crippen LogP contribution >= 0.6 is 11.6 Å². The summed E-state index contributed by atoms with van der Waals surface area (Å²) >= 11 is 6.31. The van der Waals surface area contributed by atoms with Crippen molar-refractivity contribution in [2.24, 2.45) is 0 Å². The molecular formula is C20H19ClF3NO3. The van der Waals surface area contributed by atoms with E-state index in [9.17, 15) is 23.1 Å². The Morgan fingerprint density at radius 1 is 1.25 bits per heavy atom. The van der Waals surface area contributed by atoms with Crippen molar-refractivity contribution in [3.63, 3.8) is 0 Å². The summed E-state index contributed by atoms with van der Waals surface area (Å²) in [4.78, 5) is 13.4. The molecule has 3 rings (SSSR count). The fraction of sp³-hybridized carbons (Fsp3) is 0.350. The minimum Gasteiger partial charge on any atom is -0.496 e. The maximum absolute atomic E-state index is 13.3. The zero-order valence-electron chi connectivity index (χ0n) is 15.0. The van der Waals surface area contributed by atoms with Gasteiger partial charge in [0.05, 0.1) is 18.7 Å². The molecule has 2 unspecified atom stereocenters. The molecule has 0 bridgehead atoms. The maximum Gasteiger partial charge on any atom is 0.416 e. The highest BCUT2D eigenvalue weighted by Gasteiger charge is 2.40. The van der Waals surface area contributed by atoms with Crippen molar-refractivity contribution in [2.45, 2.75) is 31.1 Å². The minimum atomic E-state index is -4.54. The lowest BCUT2D eigenvalue weighted by Crippen LogP contribution is -2.39. The number of para-hydroxylation sites is 1. The number of alkyl halides is 3. The Labute approximate surface area is 165 Å². The number of carboxylic acid groups (broad SMARTS) is 1. The van der Waals surface area contributed by atoms with Crippen LogP contribution < -0.4 is 4.74 Å². The Bertz CT molecular complexity index is 872. The molecule has 0 aromatic heterocycles. The second-order valence-electron chi connectivity index (χ2n) is 6.61. The van der Waals surface area contributed by atoms with Gasteiger partial charge in [0.15, 0.2) is 0 Å². The molecule has 4 nitrogen and oxygen atoms in total. The molecule has 2 aromatic carbocycles. The molecule has 28 heavy (non-hydrogen) atoms. The van der Waals surface area contributed by atoms with E-state index in [1.807, 2.05) is 0 Å². The average Bonchev–Trinajstić information content (AvgIpc) is 3.12. The van der Waals surface area contributed by atoms with Crippen LogP contribution in [0, 0.1) is 0 Å². The monoisotopic (exact) mass is 413 g/mol. The van der Waals surface area contributed by atoms with Crippen molar-refractivity contribution >= 4 is 17.6 Å². The summed E-state index contributed by atoms with van der Waals surface area (Å²) in [5, 5.41) is 9.76. The van der Waals surface area contributed by atoms with Gasteiger partial charge in [0.2, 0.25) is 0 Å². The molecule has 1 saturated heterocycles. The number of aliphatic carboxylic acids is 1. The zero-order chi connectivity index (χ0) is 20.5. The van der Waals surface area contributed by atoms with Crippen LogP contribution in [0.3, 0.4) is 0 Å². The smallest absolute Gasteiger partial charge is 0.416 e. The van der Waals surface area contributed by atoms with E-state index in [4.69, 9.17) is 16.3 Å². The summed E-state index contributed by atoms with van der Waals surface area (Å²) in [5.41, 5.74) is -0.0635. The molecule has 0 amide bonds. The highest BCUT2D eigenvalue weighted by Crippen LogP contribution is 2.43. The van der Waals surface area contributed by atoms with Crippen LogP contribution in [-0.4, -0.2) is 35.7 Å². The van der Waals surface area contributed by atoms with E-state index in [-0.39, 0.29) is 10.6 Å². The predicted octanol–water partition coefficient (Wildman–Crippen LogP) is 5.01. The lowest BCUT2D eigenvalue weighted by molar-refractivity contribution is -0.143. The number of carbonyl (C=O) groups is 1. The van der Waals surface area contributed by atoms with Crippen LogP contribution in [0.15, 0.2) is 42.5 Å². The van der Waals surface area contributed by atoms with E-state index in [2.05, 4.69) is 0 Å². The van der Waals surface area contributed by atoms with E-state index < -0.39 is 29.8 Å². The molecule has 0 spiro atoms. The summed E-state index contributed by atoms with van der Waals surface area (Å²) in [7, 11) is 1.46. The second-order valence-corrected chi connectivity index (χ2v) is 7.02. The number of ether oxygens (including phenoxy) is 1. The predicted molar refractivity (Wildman–Crippen MR) is 98.7 cm³/mol. The van der Waals surface area contributed by atoms with Gasteiger partial charge >= 0.3 is 12.1 Å². The molecule has 0 saturated carbocycles. The summed E-state index contributed by atoms with van der Waals surface area (Å²) in [6.07, 6.45) is -3.50. The summed E-state index contributed by atoms with van der Waals surface area (Å²) in [6, 6.07) is 8.40. The van der Waals surface area contributed by atoms with Gasteiger partial charge in [-0.15, -0.1) is 0 Å². The number of hydrogen-bond donors (Lipinski definition) is 1. The van der Waals surface area contributed by atoms with Crippen molar-refractivity contribution in [1.29, 1.82) is 0 Å². The fourth-order valence-electron chi connectivity index (χ4n) is 3.71. The van der Waals surface area contributed by atoms with Gasteiger partial charge in [-0.1, -0.05) is 29.8 Å². The molecule has 1 heterocycles. The Hall–Kier alpha value is -2.25. The van der Waals surface area contributed by atoms with Gasteiger partial charge in [0.25, 0.3) is 0 Å². The first-order valence-electron chi connectivity index (χ1n) is 8.72. The first kappa shape index (κ1) is 20.5. The van der Waals surface area contributed by atoms with E-state index in [0.717, 1.165) is 12.1 Å². The zero-order valence-corrected chi connectivity index (χ0v) is 15.8. The minimum absolute atomic E-state index is 0.139. The molecule has 1 N–H and O–H groups in total. The third-order valence-corrected chi connectivity index (χ3v) is 5.31. The SMILES string of the molecule is COc1ccccc1C(c1cc(C(F)(F)F)ccc1Cl)N1CCCC1C(=O)O. The van der Waals surface area contributed by atoms with Crippen molar-refractivity contribution in [3.05, 3.63) is 64.2 Å². The number of halogens is 4. The molecule has 2 aromatic rings. The molecule has 0 radical (unpaired) electrons. The van der Waals surface area contributed by atoms with Crippen LogP contribution in [0.4, 0.5) is 13.2 Å². The number of hydrogen-bond acceptors (Lipinski definition) is 3. The van der Waals surface area contributed by atoms with Crippen LogP contribution in [0.2, 0.25) is 5.02 Å². The largest absolute Gasteiger partial charge is 0.496 e. The third-order valence-electron chi connectivity index (χ3n) is 4.96. The summed E-state index contributed by atoms with van der Waals surface area (Å²) < 4.78 is 45.4. The van der Waals surface area contributed by atoms with Crippen molar-refractivity contribution < 1.29 is 27.8 Å². The van der Waals surface area contributed by atoms with Gasteiger partial charge < -0.3 is 9.84 Å². The average molecular weight is 414 g/mol. The molecule has 1 fully saturated rings. The summed E-state index contributed by atoms with van der Waals surface area (Å²) in [6.45, 7) is 0.423. The highest BCUT2D eigenvalue weighted by atomic mass is 35.5. The van der Waals surface area contributed by atoms with Gasteiger partial charge in [-0.25, -0.2) is 0 Å². The van der Waals surface area contributed by atoms with E-state index in [1.165, 1.54) is 13.2 Å². The highest BCUT2D eigenvalue weighted by molar-refractivity contribution is 6.31. The van der Waals surface area contributed by atoms with Crippen LogP contribution in [-0.2, 0) is 11.0 Å². The van der Waals surface area contributed by atoms with Crippen LogP contribution in [0.25, 0.3) is 0 Å². The first-order chi connectivity index (χ1) is 13.2. The van der Waals surface area contributed by atoms with Gasteiger partial charge in [-0.05, 0) is 42.7 Å². The third kappa shape index (κ3) is 3.95. The fourth-order valence-corrected chi connectivity index (χ4v) is 3.93.